The van der Waals surface area contributed by atoms with Crippen LogP contribution in [0.2, 0.25) is 0 Å². The molecule has 0 radical (unpaired) electrons. The smallest absolute Gasteiger partial charge is 0.0555 e. The molecule has 0 saturated heterocycles. The Kier molecular flexibility index (Phi) is 3.87. The van der Waals surface area contributed by atoms with E-state index in [2.05, 4.69) is 41.0 Å². The summed E-state index contributed by atoms with van der Waals surface area (Å²) in [5.74, 6) is 7.02. The fraction of sp³-hybridized carbons (Fsp3) is 0.529. The molecular weight excluding hydrogens is 232 g/mol. The third-order valence-electron chi connectivity index (χ3n) is 3.90. The van der Waals surface area contributed by atoms with E-state index >= 15 is 0 Å². The van der Waals surface area contributed by atoms with Gasteiger partial charge >= 0.3 is 0 Å². The van der Waals surface area contributed by atoms with Crippen LogP contribution in [0.15, 0.2) is 24.3 Å². The topological polar surface area (TPSA) is 29.3 Å². The van der Waals surface area contributed by atoms with E-state index in [1.807, 2.05) is 0 Å². The first-order valence-corrected chi connectivity index (χ1v) is 7.37. The fourth-order valence-electron chi connectivity index (χ4n) is 2.55. The number of hydrogen-bond acceptors (Lipinski definition) is 2. The summed E-state index contributed by atoms with van der Waals surface area (Å²) in [5, 5.41) is 0. The molecule has 1 aromatic rings. The van der Waals surface area contributed by atoms with E-state index in [4.69, 9.17) is 5.73 Å². The van der Waals surface area contributed by atoms with Gasteiger partial charge in [-0.25, -0.2) is 0 Å². The summed E-state index contributed by atoms with van der Waals surface area (Å²) in [5.41, 5.74) is 7.90. The van der Waals surface area contributed by atoms with Gasteiger partial charge < -0.3 is 5.73 Å². The van der Waals surface area contributed by atoms with Gasteiger partial charge in [0.05, 0.1) is 6.54 Å². The summed E-state index contributed by atoms with van der Waals surface area (Å²) in [6.07, 6.45) is 5.65. The molecule has 0 atom stereocenters. The fourth-order valence-corrected chi connectivity index (χ4v) is 2.55. The molecule has 0 bridgehead atoms. The van der Waals surface area contributed by atoms with Crippen LogP contribution in [0.1, 0.15) is 36.8 Å². The number of nitrogens with two attached hydrogens (primary N) is 1. The first kappa shape index (κ1) is 12.7. The molecule has 2 fully saturated rings. The molecule has 2 saturated carbocycles. The largest absolute Gasteiger partial charge is 0.320 e. The zero-order valence-electron chi connectivity index (χ0n) is 11.4. The summed E-state index contributed by atoms with van der Waals surface area (Å²) in [4.78, 5) is 2.67. The molecule has 2 aliphatic rings. The lowest BCUT2D eigenvalue weighted by Gasteiger charge is -2.22. The van der Waals surface area contributed by atoms with Crippen LogP contribution in [0.25, 0.3) is 0 Å². The van der Waals surface area contributed by atoms with Crippen molar-refractivity contribution in [2.24, 2.45) is 11.7 Å². The molecule has 0 heterocycles. The Hall–Kier alpha value is -1.30. The van der Waals surface area contributed by atoms with E-state index in [-0.39, 0.29) is 0 Å². The Bertz CT molecular complexity index is 489. The van der Waals surface area contributed by atoms with Crippen LogP contribution >= 0.6 is 0 Å². The molecule has 3 rings (SSSR count). The highest BCUT2D eigenvalue weighted by atomic mass is 15.2. The number of nitrogens with zero attached hydrogens (tertiary/aromatic N) is 1. The summed E-state index contributed by atoms with van der Waals surface area (Å²) in [6, 6.07) is 9.45. The first-order valence-electron chi connectivity index (χ1n) is 7.37. The Labute approximate surface area is 116 Å². The molecule has 0 aliphatic heterocycles. The van der Waals surface area contributed by atoms with Crippen LogP contribution in [0.5, 0.6) is 0 Å². The third kappa shape index (κ3) is 3.83. The maximum atomic E-state index is 5.42. The summed E-state index contributed by atoms with van der Waals surface area (Å²) in [6.45, 7) is 2.81. The molecule has 2 aliphatic carbocycles. The average molecular weight is 254 g/mol. The van der Waals surface area contributed by atoms with Crippen LogP contribution in [0.3, 0.4) is 0 Å². The standard InChI is InChI=1S/C17H22N2/c18-10-2-5-14-3-1-4-16(11-14)13-19(17-8-9-17)12-15-6-7-15/h1,3-4,11,15,17H,6-10,12-13,18H2. The monoisotopic (exact) mass is 254 g/mol. The Morgan fingerprint density at radius 2 is 2.05 bits per heavy atom. The first-order chi connectivity index (χ1) is 9.35. The second-order valence-electron chi connectivity index (χ2n) is 5.81. The normalized spacial score (nSPS) is 18.2. The van der Waals surface area contributed by atoms with Gasteiger partial charge in [-0.05, 0) is 49.3 Å². The van der Waals surface area contributed by atoms with Crippen molar-refractivity contribution in [3.05, 3.63) is 35.4 Å². The highest BCUT2D eigenvalue weighted by Crippen LogP contribution is 2.35. The number of hydrogen-bond donors (Lipinski definition) is 1. The van der Waals surface area contributed by atoms with Crippen LogP contribution < -0.4 is 5.73 Å². The molecule has 0 unspecified atom stereocenters. The van der Waals surface area contributed by atoms with Gasteiger partial charge in [0.2, 0.25) is 0 Å². The van der Waals surface area contributed by atoms with Crippen LogP contribution in [-0.2, 0) is 6.54 Å². The summed E-state index contributed by atoms with van der Waals surface area (Å²) >= 11 is 0. The number of rotatable bonds is 5. The lowest BCUT2D eigenvalue weighted by Crippen LogP contribution is -2.27. The van der Waals surface area contributed by atoms with Crippen molar-refractivity contribution in [2.75, 3.05) is 13.1 Å². The van der Waals surface area contributed by atoms with Gasteiger partial charge in [-0.3, -0.25) is 4.90 Å². The lowest BCUT2D eigenvalue weighted by atomic mass is 10.1. The molecule has 19 heavy (non-hydrogen) atoms. The lowest BCUT2D eigenvalue weighted by molar-refractivity contribution is 0.244. The Balaban J connectivity index is 1.66. The van der Waals surface area contributed by atoms with Crippen molar-refractivity contribution in [1.29, 1.82) is 0 Å². The predicted octanol–water partition coefficient (Wildman–Crippen LogP) is 2.37. The van der Waals surface area contributed by atoms with E-state index in [1.54, 1.807) is 0 Å². The average Bonchev–Trinajstić information content (AvgIpc) is 3.28. The minimum atomic E-state index is 0.431. The molecule has 0 aromatic heterocycles. The molecule has 2 nitrogen and oxygen atoms in total. The SMILES string of the molecule is NCC#Cc1cccc(CN(CC2CC2)C2CC2)c1. The van der Waals surface area contributed by atoms with E-state index in [1.165, 1.54) is 37.8 Å². The zero-order valence-corrected chi connectivity index (χ0v) is 11.4. The van der Waals surface area contributed by atoms with E-state index < -0.39 is 0 Å². The third-order valence-corrected chi connectivity index (χ3v) is 3.90. The maximum absolute atomic E-state index is 5.42. The highest BCUT2D eigenvalue weighted by molar-refractivity contribution is 5.37. The van der Waals surface area contributed by atoms with E-state index in [0.717, 1.165) is 24.1 Å². The maximum Gasteiger partial charge on any atom is 0.0555 e. The second kappa shape index (κ2) is 5.77. The van der Waals surface area contributed by atoms with Gasteiger partial charge in [-0.1, -0.05) is 24.0 Å². The molecular formula is C17H22N2. The van der Waals surface area contributed by atoms with E-state index in [9.17, 15) is 0 Å². The van der Waals surface area contributed by atoms with Crippen molar-refractivity contribution in [1.82, 2.24) is 4.90 Å². The second-order valence-corrected chi connectivity index (χ2v) is 5.81. The molecule has 100 valence electrons. The molecule has 2 N–H and O–H groups in total. The highest BCUT2D eigenvalue weighted by Gasteiger charge is 2.33. The quantitative estimate of drug-likeness (QED) is 0.817. The van der Waals surface area contributed by atoms with Crippen molar-refractivity contribution in [2.45, 2.75) is 38.3 Å². The van der Waals surface area contributed by atoms with E-state index in [0.29, 0.717) is 6.54 Å². The Morgan fingerprint density at radius 3 is 2.74 bits per heavy atom. The van der Waals surface area contributed by atoms with Gasteiger partial charge in [0.25, 0.3) is 0 Å². The molecule has 0 amide bonds. The van der Waals surface area contributed by atoms with Crippen molar-refractivity contribution in [3.63, 3.8) is 0 Å². The zero-order chi connectivity index (χ0) is 13.1. The van der Waals surface area contributed by atoms with Gasteiger partial charge in [0.15, 0.2) is 0 Å². The van der Waals surface area contributed by atoms with Crippen LogP contribution in [0.4, 0.5) is 0 Å². The summed E-state index contributed by atoms with van der Waals surface area (Å²) in [7, 11) is 0. The van der Waals surface area contributed by atoms with Crippen molar-refractivity contribution < 1.29 is 0 Å². The van der Waals surface area contributed by atoms with Gasteiger partial charge in [-0.2, -0.15) is 0 Å². The van der Waals surface area contributed by atoms with Gasteiger partial charge in [0, 0.05) is 24.7 Å². The molecule has 0 spiro atoms. The minimum Gasteiger partial charge on any atom is -0.320 e. The van der Waals surface area contributed by atoms with Crippen LogP contribution in [0, 0.1) is 17.8 Å². The van der Waals surface area contributed by atoms with Gasteiger partial charge in [0.1, 0.15) is 0 Å². The van der Waals surface area contributed by atoms with Crippen molar-refractivity contribution >= 4 is 0 Å². The van der Waals surface area contributed by atoms with Gasteiger partial charge in [-0.15, -0.1) is 0 Å². The number of benzene rings is 1. The molecule has 2 heteroatoms. The van der Waals surface area contributed by atoms with Crippen molar-refractivity contribution in [3.8, 4) is 11.8 Å². The predicted molar refractivity (Wildman–Crippen MR) is 78.5 cm³/mol. The Morgan fingerprint density at radius 1 is 1.21 bits per heavy atom. The molecule has 1 aromatic carbocycles. The minimum absolute atomic E-state index is 0.431. The van der Waals surface area contributed by atoms with Crippen LogP contribution in [-0.4, -0.2) is 24.0 Å². The summed E-state index contributed by atoms with van der Waals surface area (Å²) < 4.78 is 0.